The van der Waals surface area contributed by atoms with Gasteiger partial charge in [0.05, 0.1) is 17.7 Å². The van der Waals surface area contributed by atoms with Crippen molar-refractivity contribution in [3.63, 3.8) is 0 Å². The molecule has 17 heavy (non-hydrogen) atoms. The van der Waals surface area contributed by atoms with Crippen LogP contribution in [0.3, 0.4) is 0 Å². The summed E-state index contributed by atoms with van der Waals surface area (Å²) in [6, 6.07) is 0. The number of hydrogen-bond donors (Lipinski definition) is 2. The van der Waals surface area contributed by atoms with Gasteiger partial charge < -0.3 is 10.2 Å². The second-order valence-corrected chi connectivity index (χ2v) is 6.37. The van der Waals surface area contributed by atoms with Crippen LogP contribution in [0.25, 0.3) is 0 Å². The van der Waals surface area contributed by atoms with E-state index < -0.39 is 17.7 Å². The van der Waals surface area contributed by atoms with Gasteiger partial charge in [0.2, 0.25) is 0 Å². The van der Waals surface area contributed by atoms with Crippen LogP contribution in [0.2, 0.25) is 0 Å². The molecule has 1 fully saturated rings. The number of piperidine rings is 1. The van der Waals surface area contributed by atoms with Gasteiger partial charge in [-0.1, -0.05) is 0 Å². The van der Waals surface area contributed by atoms with Gasteiger partial charge in [-0.2, -0.15) is 5.06 Å². The molecule has 3 unspecified atom stereocenters. The van der Waals surface area contributed by atoms with Gasteiger partial charge in [-0.05, 0) is 54.4 Å². The van der Waals surface area contributed by atoms with E-state index in [1.165, 1.54) is 0 Å². The largest absolute Gasteiger partial charge is 0.391 e. The van der Waals surface area contributed by atoms with Crippen molar-refractivity contribution in [3.8, 4) is 0 Å². The maximum atomic E-state index is 10.1. The zero-order valence-corrected chi connectivity index (χ0v) is 11.9. The highest BCUT2D eigenvalue weighted by atomic mass is 16.7. The van der Waals surface area contributed by atoms with Crippen LogP contribution in [0.1, 0.15) is 54.4 Å². The minimum absolute atomic E-state index is 0.133. The Morgan fingerprint density at radius 2 is 1.76 bits per heavy atom. The quantitative estimate of drug-likeness (QED) is 0.794. The Labute approximate surface area is 105 Å². The number of hydroxylamine groups is 2. The Bertz CT molecular complexity index is 263. The van der Waals surface area contributed by atoms with Gasteiger partial charge in [-0.25, -0.2) is 0 Å². The summed E-state index contributed by atoms with van der Waals surface area (Å²) < 4.78 is 0. The Morgan fingerprint density at radius 1 is 1.24 bits per heavy atom. The number of nitrogens with zero attached hydrogens (tertiary/aromatic N) is 1. The summed E-state index contributed by atoms with van der Waals surface area (Å²) in [5.41, 5.74) is -0.573. The molecule has 0 spiro atoms. The molecule has 1 aliphatic heterocycles. The third kappa shape index (κ3) is 2.99. The lowest BCUT2D eigenvalue weighted by Crippen LogP contribution is -2.65. The van der Waals surface area contributed by atoms with Crippen LogP contribution >= 0.6 is 0 Å². The lowest BCUT2D eigenvalue weighted by molar-refractivity contribution is -0.329. The van der Waals surface area contributed by atoms with Crippen LogP contribution < -0.4 is 0 Å². The highest BCUT2D eigenvalue weighted by molar-refractivity contribution is 4.98. The molecule has 2 N–H and O–H groups in total. The molecule has 0 aliphatic carbocycles. The van der Waals surface area contributed by atoms with Crippen molar-refractivity contribution in [2.75, 3.05) is 0 Å². The fraction of sp³-hybridized carbons (Fsp3) is 1.00. The lowest BCUT2D eigenvalue weighted by atomic mass is 9.80. The first kappa shape index (κ1) is 14.9. The minimum Gasteiger partial charge on any atom is -0.391 e. The van der Waals surface area contributed by atoms with Crippen molar-refractivity contribution in [2.24, 2.45) is 0 Å². The Kier molecular flexibility index (Phi) is 4.24. The Morgan fingerprint density at radius 3 is 2.24 bits per heavy atom. The molecule has 0 radical (unpaired) electrons. The van der Waals surface area contributed by atoms with Gasteiger partial charge in [-0.15, -0.1) is 0 Å². The number of hydrogen-bond acceptors (Lipinski definition) is 4. The molecule has 4 heteroatoms. The van der Waals surface area contributed by atoms with Crippen LogP contribution in [0.15, 0.2) is 0 Å². The van der Waals surface area contributed by atoms with Crippen molar-refractivity contribution in [1.82, 2.24) is 5.06 Å². The van der Waals surface area contributed by atoms with Crippen LogP contribution in [-0.2, 0) is 4.84 Å². The van der Waals surface area contributed by atoms with E-state index in [1.807, 2.05) is 25.8 Å². The van der Waals surface area contributed by atoms with E-state index >= 15 is 0 Å². The van der Waals surface area contributed by atoms with Gasteiger partial charge in [0.25, 0.3) is 0 Å². The van der Waals surface area contributed by atoms with Crippen molar-refractivity contribution in [3.05, 3.63) is 0 Å². The van der Waals surface area contributed by atoms with Crippen molar-refractivity contribution < 1.29 is 15.1 Å². The van der Waals surface area contributed by atoms with Crippen molar-refractivity contribution >= 4 is 0 Å². The third-order valence-corrected chi connectivity index (χ3v) is 3.87. The van der Waals surface area contributed by atoms with Gasteiger partial charge in [-0.3, -0.25) is 4.84 Å². The maximum Gasteiger partial charge on any atom is 0.102 e. The summed E-state index contributed by atoms with van der Waals surface area (Å²) in [5.74, 6) is 0. The monoisotopic (exact) mass is 245 g/mol. The molecule has 0 aromatic heterocycles. The molecular weight excluding hydrogens is 218 g/mol. The third-order valence-electron chi connectivity index (χ3n) is 3.87. The molecule has 0 amide bonds. The fourth-order valence-corrected chi connectivity index (χ4v) is 2.39. The molecule has 1 rings (SSSR count). The van der Waals surface area contributed by atoms with Gasteiger partial charge in [0.15, 0.2) is 0 Å². The zero-order chi connectivity index (χ0) is 13.4. The molecule has 3 atom stereocenters. The predicted molar refractivity (Wildman–Crippen MR) is 67.5 cm³/mol. The SMILES string of the molecule is CC(O)C(C)ON1C(C)(C)CCC(O)C1(C)C. The van der Waals surface area contributed by atoms with E-state index in [9.17, 15) is 10.2 Å². The summed E-state index contributed by atoms with van der Waals surface area (Å²) in [5, 5.41) is 21.5. The Hall–Kier alpha value is -0.160. The standard InChI is InChI=1S/C13H27NO3/c1-9(15)10(2)17-14-12(3,4)8-7-11(16)13(14,5)6/h9-11,15-16H,7-8H2,1-6H3. The van der Waals surface area contributed by atoms with Gasteiger partial charge in [0.1, 0.15) is 6.10 Å². The summed E-state index contributed by atoms with van der Waals surface area (Å²) in [6.45, 7) is 11.7. The molecule has 0 aromatic carbocycles. The van der Waals surface area contributed by atoms with Crippen molar-refractivity contribution in [1.29, 1.82) is 0 Å². The smallest absolute Gasteiger partial charge is 0.102 e. The lowest BCUT2D eigenvalue weighted by Gasteiger charge is -2.54. The highest BCUT2D eigenvalue weighted by Crippen LogP contribution is 2.39. The normalized spacial score (nSPS) is 32.1. The second-order valence-electron chi connectivity index (χ2n) is 6.37. The Balaban J connectivity index is 2.89. The fourth-order valence-electron chi connectivity index (χ4n) is 2.39. The number of aliphatic hydroxyl groups excluding tert-OH is 2. The molecule has 1 aliphatic rings. The van der Waals surface area contributed by atoms with E-state index in [1.54, 1.807) is 6.92 Å². The topological polar surface area (TPSA) is 52.9 Å². The first-order chi connectivity index (χ1) is 7.59. The van der Waals surface area contributed by atoms with Crippen LogP contribution in [0, 0.1) is 0 Å². The summed E-state index contributed by atoms with van der Waals surface area (Å²) in [4.78, 5) is 5.88. The second kappa shape index (κ2) is 4.84. The highest BCUT2D eigenvalue weighted by Gasteiger charge is 2.48. The van der Waals surface area contributed by atoms with E-state index in [0.717, 1.165) is 12.8 Å². The minimum atomic E-state index is -0.527. The summed E-state index contributed by atoms with van der Waals surface area (Å²) in [7, 11) is 0. The predicted octanol–water partition coefficient (Wildman–Crippen LogP) is 1.70. The molecule has 102 valence electrons. The first-order valence-electron chi connectivity index (χ1n) is 6.42. The molecular formula is C13H27NO3. The first-order valence-corrected chi connectivity index (χ1v) is 6.42. The molecule has 1 saturated heterocycles. The van der Waals surface area contributed by atoms with E-state index in [-0.39, 0.29) is 11.6 Å². The molecule has 0 saturated carbocycles. The van der Waals surface area contributed by atoms with Crippen LogP contribution in [-0.4, -0.2) is 44.7 Å². The van der Waals surface area contributed by atoms with Gasteiger partial charge in [0, 0.05) is 5.54 Å². The van der Waals surface area contributed by atoms with E-state index in [0.29, 0.717) is 0 Å². The summed E-state index contributed by atoms with van der Waals surface area (Å²) in [6.07, 6.45) is 0.448. The van der Waals surface area contributed by atoms with Crippen LogP contribution in [0.5, 0.6) is 0 Å². The molecule has 0 bridgehead atoms. The average Bonchev–Trinajstić information content (AvgIpc) is 2.19. The summed E-state index contributed by atoms with van der Waals surface area (Å²) >= 11 is 0. The maximum absolute atomic E-state index is 10.1. The molecule has 1 heterocycles. The number of rotatable bonds is 3. The molecule has 0 aromatic rings. The van der Waals surface area contributed by atoms with E-state index in [4.69, 9.17) is 4.84 Å². The zero-order valence-electron chi connectivity index (χ0n) is 11.9. The molecule has 4 nitrogen and oxygen atoms in total. The van der Waals surface area contributed by atoms with E-state index in [2.05, 4.69) is 13.8 Å². The van der Waals surface area contributed by atoms with Gasteiger partial charge >= 0.3 is 0 Å². The van der Waals surface area contributed by atoms with Crippen molar-refractivity contribution in [2.45, 2.75) is 83.8 Å². The number of aliphatic hydroxyl groups is 2. The average molecular weight is 245 g/mol. The van der Waals surface area contributed by atoms with Crippen LogP contribution in [0.4, 0.5) is 0 Å².